The zero-order valence-electron chi connectivity index (χ0n) is 14.1. The van der Waals surface area contributed by atoms with E-state index in [2.05, 4.69) is 10.3 Å². The van der Waals surface area contributed by atoms with Crippen LogP contribution in [0.4, 0.5) is 0 Å². The number of H-pyrrole nitrogens is 1. The number of carboxylic acids is 1. The average Bonchev–Trinajstić information content (AvgIpc) is 3.00. The molecule has 0 spiro atoms. The van der Waals surface area contributed by atoms with Crippen LogP contribution < -0.4 is 14.8 Å². The Balaban J connectivity index is 1.82. The van der Waals surface area contributed by atoms with Gasteiger partial charge >= 0.3 is 5.97 Å². The Morgan fingerprint density at radius 2 is 1.84 bits per heavy atom. The van der Waals surface area contributed by atoms with Crippen LogP contribution in [0.5, 0.6) is 11.5 Å². The first-order valence-corrected chi connectivity index (χ1v) is 7.88. The minimum absolute atomic E-state index is 0.196. The molecule has 0 amide bonds. The predicted octanol–water partition coefficient (Wildman–Crippen LogP) is 3.17. The van der Waals surface area contributed by atoms with Crippen LogP contribution in [-0.4, -0.2) is 30.3 Å². The number of fused-ring (bicyclic) bond motifs is 1. The van der Waals surface area contributed by atoms with Gasteiger partial charge in [-0.25, -0.2) is 4.79 Å². The van der Waals surface area contributed by atoms with E-state index in [-0.39, 0.29) is 5.69 Å². The molecule has 25 heavy (non-hydrogen) atoms. The fourth-order valence-corrected chi connectivity index (χ4v) is 2.84. The molecule has 3 aromatic rings. The fraction of sp³-hybridized carbons (Fsp3) is 0.211. The summed E-state index contributed by atoms with van der Waals surface area (Å²) in [6.07, 6.45) is 0. The molecule has 0 atom stereocenters. The van der Waals surface area contributed by atoms with Crippen LogP contribution in [-0.2, 0) is 13.1 Å². The number of aromatic carboxylic acids is 1. The maximum absolute atomic E-state index is 11.6. The molecule has 130 valence electrons. The number of benzene rings is 2. The van der Waals surface area contributed by atoms with Crippen LogP contribution in [0.15, 0.2) is 42.5 Å². The molecule has 1 aromatic heterocycles. The van der Waals surface area contributed by atoms with E-state index in [1.165, 1.54) is 0 Å². The zero-order valence-corrected chi connectivity index (χ0v) is 14.1. The van der Waals surface area contributed by atoms with Gasteiger partial charge in [0.1, 0.15) is 17.2 Å². The third-order valence-corrected chi connectivity index (χ3v) is 4.09. The summed E-state index contributed by atoms with van der Waals surface area (Å²) in [5.74, 6) is 0.500. The number of aromatic nitrogens is 1. The third kappa shape index (κ3) is 3.59. The number of carboxylic acid groups (broad SMARTS) is 1. The zero-order chi connectivity index (χ0) is 17.8. The third-order valence-electron chi connectivity index (χ3n) is 4.09. The molecule has 0 aliphatic carbocycles. The lowest BCUT2D eigenvalue weighted by molar-refractivity contribution is 0.0690. The van der Waals surface area contributed by atoms with Crippen molar-refractivity contribution in [2.45, 2.75) is 13.1 Å². The molecule has 0 aliphatic rings. The molecule has 1 heterocycles. The first kappa shape index (κ1) is 16.9. The molecule has 2 aromatic carbocycles. The summed E-state index contributed by atoms with van der Waals surface area (Å²) >= 11 is 0. The van der Waals surface area contributed by atoms with Gasteiger partial charge in [-0.3, -0.25) is 0 Å². The molecule has 0 bridgehead atoms. The van der Waals surface area contributed by atoms with Crippen molar-refractivity contribution in [2.75, 3.05) is 14.2 Å². The minimum Gasteiger partial charge on any atom is -0.497 e. The number of methoxy groups -OCH3 is 2. The molecule has 0 radical (unpaired) electrons. The highest BCUT2D eigenvalue weighted by Gasteiger charge is 2.17. The van der Waals surface area contributed by atoms with Gasteiger partial charge in [0.25, 0.3) is 0 Å². The number of rotatable bonds is 7. The summed E-state index contributed by atoms with van der Waals surface area (Å²) in [6.45, 7) is 1.05. The van der Waals surface area contributed by atoms with Gasteiger partial charge in [0.2, 0.25) is 0 Å². The van der Waals surface area contributed by atoms with Crippen molar-refractivity contribution in [2.24, 2.45) is 0 Å². The molecule has 0 fully saturated rings. The van der Waals surface area contributed by atoms with Crippen molar-refractivity contribution in [3.8, 4) is 11.5 Å². The Hall–Kier alpha value is -2.99. The fourth-order valence-electron chi connectivity index (χ4n) is 2.84. The summed E-state index contributed by atoms with van der Waals surface area (Å²) in [5.41, 5.74) is 2.74. The number of hydrogen-bond donors (Lipinski definition) is 3. The number of ether oxygens (including phenoxy) is 2. The second kappa shape index (κ2) is 7.27. The summed E-state index contributed by atoms with van der Waals surface area (Å²) in [7, 11) is 3.21. The van der Waals surface area contributed by atoms with Gasteiger partial charge < -0.3 is 24.9 Å². The largest absolute Gasteiger partial charge is 0.497 e. The summed E-state index contributed by atoms with van der Waals surface area (Å²) in [4.78, 5) is 14.5. The van der Waals surface area contributed by atoms with E-state index >= 15 is 0 Å². The van der Waals surface area contributed by atoms with E-state index in [0.717, 1.165) is 27.8 Å². The van der Waals surface area contributed by atoms with Gasteiger partial charge in [-0.05, 0) is 29.8 Å². The highest BCUT2D eigenvalue weighted by molar-refractivity contribution is 5.97. The summed E-state index contributed by atoms with van der Waals surface area (Å²) in [5, 5.41) is 13.6. The highest BCUT2D eigenvalue weighted by atomic mass is 16.5. The van der Waals surface area contributed by atoms with Gasteiger partial charge in [0, 0.05) is 30.1 Å². The molecular weight excluding hydrogens is 320 g/mol. The van der Waals surface area contributed by atoms with Crippen LogP contribution in [0.25, 0.3) is 10.9 Å². The Morgan fingerprint density at radius 3 is 2.56 bits per heavy atom. The van der Waals surface area contributed by atoms with E-state index in [4.69, 9.17) is 9.47 Å². The molecule has 0 aliphatic heterocycles. The standard InChI is InChI=1S/C19H20N2O4/c1-24-13-5-3-4-12(8-13)10-20-11-16-15-7-6-14(25-2)9-17(15)21-18(16)19(22)23/h3-9,20-21H,10-11H2,1-2H3,(H,22,23). The molecule has 0 saturated carbocycles. The van der Waals surface area contributed by atoms with Gasteiger partial charge in [-0.15, -0.1) is 0 Å². The van der Waals surface area contributed by atoms with Crippen molar-refractivity contribution in [1.29, 1.82) is 0 Å². The lowest BCUT2D eigenvalue weighted by Crippen LogP contribution is -2.15. The molecule has 3 N–H and O–H groups in total. The Kier molecular flexibility index (Phi) is 4.90. The maximum atomic E-state index is 11.6. The number of nitrogens with one attached hydrogen (secondary N) is 2. The quantitative estimate of drug-likeness (QED) is 0.615. The van der Waals surface area contributed by atoms with E-state index in [1.807, 2.05) is 36.4 Å². The topological polar surface area (TPSA) is 83.6 Å². The smallest absolute Gasteiger partial charge is 0.352 e. The van der Waals surface area contributed by atoms with E-state index in [0.29, 0.717) is 18.8 Å². The summed E-state index contributed by atoms with van der Waals surface area (Å²) < 4.78 is 10.4. The van der Waals surface area contributed by atoms with Gasteiger partial charge in [0.15, 0.2) is 0 Å². The maximum Gasteiger partial charge on any atom is 0.352 e. The minimum atomic E-state index is -0.978. The van der Waals surface area contributed by atoms with Crippen molar-refractivity contribution in [3.05, 3.63) is 59.3 Å². The number of carbonyl (C=O) groups is 1. The Morgan fingerprint density at radius 1 is 1.08 bits per heavy atom. The SMILES string of the molecule is COc1cccc(CNCc2c(C(=O)O)[nH]c3cc(OC)ccc23)c1. The monoisotopic (exact) mass is 340 g/mol. The van der Waals surface area contributed by atoms with Crippen molar-refractivity contribution < 1.29 is 19.4 Å². The van der Waals surface area contributed by atoms with E-state index < -0.39 is 5.97 Å². The van der Waals surface area contributed by atoms with Crippen LogP contribution in [0, 0.1) is 0 Å². The van der Waals surface area contributed by atoms with E-state index in [1.54, 1.807) is 20.3 Å². The lowest BCUT2D eigenvalue weighted by atomic mass is 10.1. The highest BCUT2D eigenvalue weighted by Crippen LogP contribution is 2.26. The molecule has 3 rings (SSSR count). The Labute approximate surface area is 145 Å². The van der Waals surface area contributed by atoms with Crippen LogP contribution >= 0.6 is 0 Å². The van der Waals surface area contributed by atoms with Crippen LogP contribution in [0.1, 0.15) is 21.6 Å². The second-order valence-corrected chi connectivity index (χ2v) is 5.65. The number of hydrogen-bond acceptors (Lipinski definition) is 4. The van der Waals surface area contributed by atoms with Crippen molar-refractivity contribution >= 4 is 16.9 Å². The van der Waals surface area contributed by atoms with Crippen LogP contribution in [0.3, 0.4) is 0 Å². The molecule has 0 unspecified atom stereocenters. The molecule has 0 saturated heterocycles. The molecular formula is C19H20N2O4. The Bertz CT molecular complexity index is 902. The first-order chi connectivity index (χ1) is 12.1. The van der Waals surface area contributed by atoms with Gasteiger partial charge in [-0.1, -0.05) is 12.1 Å². The van der Waals surface area contributed by atoms with Gasteiger partial charge in [0.05, 0.1) is 19.7 Å². The van der Waals surface area contributed by atoms with Crippen LogP contribution in [0.2, 0.25) is 0 Å². The second-order valence-electron chi connectivity index (χ2n) is 5.65. The molecule has 6 heteroatoms. The number of aromatic amines is 1. The van der Waals surface area contributed by atoms with Gasteiger partial charge in [-0.2, -0.15) is 0 Å². The lowest BCUT2D eigenvalue weighted by Gasteiger charge is -2.07. The normalized spacial score (nSPS) is 10.8. The predicted molar refractivity (Wildman–Crippen MR) is 95.3 cm³/mol. The van der Waals surface area contributed by atoms with Crippen molar-refractivity contribution in [3.63, 3.8) is 0 Å². The average molecular weight is 340 g/mol. The molecule has 6 nitrogen and oxygen atoms in total. The van der Waals surface area contributed by atoms with E-state index in [9.17, 15) is 9.90 Å². The van der Waals surface area contributed by atoms with Crippen molar-refractivity contribution in [1.82, 2.24) is 10.3 Å². The first-order valence-electron chi connectivity index (χ1n) is 7.88. The summed E-state index contributed by atoms with van der Waals surface area (Å²) in [6, 6.07) is 13.3.